The van der Waals surface area contributed by atoms with Crippen LogP contribution in [0.25, 0.3) is 0 Å². The molecule has 1 fully saturated rings. The van der Waals surface area contributed by atoms with E-state index in [0.717, 1.165) is 18.7 Å². The van der Waals surface area contributed by atoms with Crippen molar-refractivity contribution in [3.8, 4) is 0 Å². The molecule has 0 saturated carbocycles. The number of nitrogens with one attached hydrogen (secondary N) is 1. The predicted octanol–water partition coefficient (Wildman–Crippen LogP) is 4.81. The number of hydrogen-bond donors (Lipinski definition) is 1. The Bertz CT molecular complexity index is 1010. The molecule has 152 valence electrons. The summed E-state index contributed by atoms with van der Waals surface area (Å²) in [5, 5.41) is 2.93. The number of nitrogens with zero attached hydrogens (tertiary/aromatic N) is 1. The summed E-state index contributed by atoms with van der Waals surface area (Å²) >= 11 is 0. The topological polar surface area (TPSA) is 49.4 Å². The van der Waals surface area contributed by atoms with E-state index in [4.69, 9.17) is 0 Å². The molecule has 4 nitrogen and oxygen atoms in total. The molecule has 0 spiro atoms. The number of hydrogen-bond acceptors (Lipinski definition) is 3. The van der Waals surface area contributed by atoms with Crippen LogP contribution in [-0.2, 0) is 6.42 Å². The molecule has 0 bridgehead atoms. The molecule has 4 rings (SSSR count). The second-order valence-electron chi connectivity index (χ2n) is 7.69. The first-order valence-corrected chi connectivity index (χ1v) is 10.5. The zero-order valence-electron chi connectivity index (χ0n) is 17.0. The Morgan fingerprint density at radius 1 is 0.767 bits per heavy atom. The maximum absolute atomic E-state index is 12.9. The summed E-state index contributed by atoms with van der Waals surface area (Å²) in [5.74, 6) is -0.432. The molecule has 3 aromatic rings. The zero-order chi connectivity index (χ0) is 20.8. The number of ketones is 1. The number of benzene rings is 3. The van der Waals surface area contributed by atoms with Crippen molar-refractivity contribution in [2.75, 3.05) is 25.0 Å². The molecule has 1 aliphatic heterocycles. The second kappa shape index (κ2) is 9.51. The fourth-order valence-corrected chi connectivity index (χ4v) is 3.87. The lowest BCUT2D eigenvalue weighted by Crippen LogP contribution is -2.21. The van der Waals surface area contributed by atoms with E-state index in [1.807, 2.05) is 30.3 Å². The molecule has 0 atom stereocenters. The van der Waals surface area contributed by atoms with Crippen molar-refractivity contribution in [2.24, 2.45) is 0 Å². The van der Waals surface area contributed by atoms with Crippen molar-refractivity contribution < 1.29 is 9.59 Å². The van der Waals surface area contributed by atoms with Gasteiger partial charge in [-0.05, 0) is 56.1 Å². The summed E-state index contributed by atoms with van der Waals surface area (Å²) in [5.41, 5.74) is 3.35. The first kappa shape index (κ1) is 20.0. The fraction of sp³-hybridized carbons (Fsp3) is 0.231. The highest BCUT2D eigenvalue weighted by Gasteiger charge is 2.18. The van der Waals surface area contributed by atoms with Crippen LogP contribution in [-0.4, -0.2) is 36.2 Å². The quantitative estimate of drug-likeness (QED) is 0.581. The van der Waals surface area contributed by atoms with Crippen molar-refractivity contribution in [2.45, 2.75) is 19.3 Å². The Kier molecular flexibility index (Phi) is 6.35. The van der Waals surface area contributed by atoms with Crippen LogP contribution in [0, 0.1) is 0 Å². The largest absolute Gasteiger partial charge is 0.322 e. The molecule has 4 heteroatoms. The minimum atomic E-state index is -0.278. The van der Waals surface area contributed by atoms with Crippen molar-refractivity contribution in [3.63, 3.8) is 0 Å². The Morgan fingerprint density at radius 3 is 2.10 bits per heavy atom. The normalized spacial score (nSPS) is 13.9. The lowest BCUT2D eigenvalue weighted by molar-refractivity contribution is 0.0996. The van der Waals surface area contributed by atoms with Crippen molar-refractivity contribution in [3.05, 3.63) is 101 Å². The van der Waals surface area contributed by atoms with Gasteiger partial charge < -0.3 is 10.2 Å². The summed E-state index contributed by atoms with van der Waals surface area (Å²) in [7, 11) is 0. The monoisotopic (exact) mass is 398 g/mol. The standard InChI is InChI=1S/C26H26N2O2/c29-25(21-8-2-1-3-9-21)23-10-4-5-11-24(23)26(30)27-22-14-12-20(13-15-22)16-19-28-17-6-7-18-28/h1-5,8-15H,6-7,16-19H2,(H,27,30). The Hall–Kier alpha value is -3.24. The van der Waals surface area contributed by atoms with Gasteiger partial charge in [0.1, 0.15) is 0 Å². The average molecular weight is 399 g/mol. The van der Waals surface area contributed by atoms with E-state index >= 15 is 0 Å². The molecule has 30 heavy (non-hydrogen) atoms. The van der Waals surface area contributed by atoms with E-state index in [1.54, 1.807) is 36.4 Å². The zero-order valence-corrected chi connectivity index (χ0v) is 17.0. The van der Waals surface area contributed by atoms with Gasteiger partial charge in [-0.15, -0.1) is 0 Å². The van der Waals surface area contributed by atoms with E-state index in [-0.39, 0.29) is 11.7 Å². The number of carbonyl (C=O) groups is 2. The third kappa shape index (κ3) is 4.84. The number of likely N-dealkylation sites (tertiary alicyclic amines) is 1. The van der Waals surface area contributed by atoms with Crippen LogP contribution >= 0.6 is 0 Å². The lowest BCUT2D eigenvalue weighted by atomic mass is 9.98. The third-order valence-electron chi connectivity index (χ3n) is 5.58. The molecule has 0 unspecified atom stereocenters. The SMILES string of the molecule is O=C(Nc1ccc(CCN2CCCC2)cc1)c1ccccc1C(=O)c1ccccc1. The van der Waals surface area contributed by atoms with E-state index in [0.29, 0.717) is 16.7 Å². The van der Waals surface area contributed by atoms with Crippen LogP contribution in [0.3, 0.4) is 0 Å². The van der Waals surface area contributed by atoms with Crippen LogP contribution in [0.1, 0.15) is 44.7 Å². The minimum absolute atomic E-state index is 0.154. The summed E-state index contributed by atoms with van der Waals surface area (Å²) in [6.07, 6.45) is 3.63. The summed E-state index contributed by atoms with van der Waals surface area (Å²) in [6.45, 7) is 3.49. The van der Waals surface area contributed by atoms with Gasteiger partial charge in [0, 0.05) is 23.4 Å². The Balaban J connectivity index is 1.43. The minimum Gasteiger partial charge on any atom is -0.322 e. The molecule has 1 N–H and O–H groups in total. The summed E-state index contributed by atoms with van der Waals surface area (Å²) in [6, 6.07) is 24.0. The van der Waals surface area contributed by atoms with Gasteiger partial charge >= 0.3 is 0 Å². The first-order valence-electron chi connectivity index (χ1n) is 10.5. The van der Waals surface area contributed by atoms with Gasteiger partial charge in [-0.1, -0.05) is 60.7 Å². The molecule has 3 aromatic carbocycles. The van der Waals surface area contributed by atoms with Gasteiger partial charge in [0.05, 0.1) is 5.56 Å². The molecular formula is C26H26N2O2. The Morgan fingerprint density at radius 2 is 1.40 bits per heavy atom. The summed E-state index contributed by atoms with van der Waals surface area (Å²) < 4.78 is 0. The van der Waals surface area contributed by atoms with Crippen molar-refractivity contribution in [1.82, 2.24) is 4.90 Å². The van der Waals surface area contributed by atoms with Crippen molar-refractivity contribution >= 4 is 17.4 Å². The Labute approximate surface area is 177 Å². The van der Waals surface area contributed by atoms with Crippen LogP contribution < -0.4 is 5.32 Å². The highest BCUT2D eigenvalue weighted by atomic mass is 16.2. The fourth-order valence-electron chi connectivity index (χ4n) is 3.87. The van der Waals surface area contributed by atoms with E-state index in [1.165, 1.54) is 31.5 Å². The van der Waals surface area contributed by atoms with E-state index in [2.05, 4.69) is 22.3 Å². The van der Waals surface area contributed by atoms with Crippen molar-refractivity contribution in [1.29, 1.82) is 0 Å². The van der Waals surface area contributed by atoms with Gasteiger partial charge in [0.15, 0.2) is 5.78 Å². The van der Waals surface area contributed by atoms with Gasteiger partial charge in [0.25, 0.3) is 5.91 Å². The highest BCUT2D eigenvalue weighted by Crippen LogP contribution is 2.18. The van der Waals surface area contributed by atoms with E-state index < -0.39 is 0 Å². The first-order chi connectivity index (χ1) is 14.7. The van der Waals surface area contributed by atoms with Gasteiger partial charge in [-0.25, -0.2) is 0 Å². The summed E-state index contributed by atoms with van der Waals surface area (Å²) in [4.78, 5) is 28.2. The molecule has 0 radical (unpaired) electrons. The number of amides is 1. The molecule has 1 amide bonds. The number of anilines is 1. The molecule has 1 heterocycles. The van der Waals surface area contributed by atoms with Crippen LogP contribution in [0.2, 0.25) is 0 Å². The van der Waals surface area contributed by atoms with E-state index in [9.17, 15) is 9.59 Å². The molecule has 1 aliphatic rings. The van der Waals surface area contributed by atoms with Crippen LogP contribution in [0.5, 0.6) is 0 Å². The number of carbonyl (C=O) groups excluding carboxylic acids is 2. The maximum Gasteiger partial charge on any atom is 0.256 e. The van der Waals surface area contributed by atoms with Gasteiger partial charge in [-0.2, -0.15) is 0 Å². The molecular weight excluding hydrogens is 372 g/mol. The highest BCUT2D eigenvalue weighted by molar-refractivity contribution is 6.17. The number of rotatable bonds is 7. The lowest BCUT2D eigenvalue weighted by Gasteiger charge is -2.14. The molecule has 0 aromatic heterocycles. The maximum atomic E-state index is 12.9. The van der Waals surface area contributed by atoms with Gasteiger partial charge in [0.2, 0.25) is 0 Å². The molecule has 1 saturated heterocycles. The average Bonchev–Trinajstić information content (AvgIpc) is 3.32. The molecule has 0 aliphatic carbocycles. The smallest absolute Gasteiger partial charge is 0.256 e. The van der Waals surface area contributed by atoms with Crippen LogP contribution in [0.4, 0.5) is 5.69 Å². The predicted molar refractivity (Wildman–Crippen MR) is 120 cm³/mol. The third-order valence-corrected chi connectivity index (χ3v) is 5.58. The second-order valence-corrected chi connectivity index (χ2v) is 7.69. The van der Waals surface area contributed by atoms with Gasteiger partial charge in [-0.3, -0.25) is 9.59 Å². The van der Waals surface area contributed by atoms with Crippen LogP contribution in [0.15, 0.2) is 78.9 Å².